The summed E-state index contributed by atoms with van der Waals surface area (Å²) in [7, 11) is 0. The molecule has 6 heteroatoms. The number of carbonyl (C=O) groups excluding carboxylic acids is 2. The first-order valence-corrected chi connectivity index (χ1v) is 10.3. The zero-order chi connectivity index (χ0) is 20.7. The molecular weight excluding hydrogens is 364 g/mol. The van der Waals surface area contributed by atoms with Crippen molar-refractivity contribution in [1.82, 2.24) is 15.2 Å². The average molecular weight is 395 g/mol. The van der Waals surface area contributed by atoms with Crippen molar-refractivity contribution in [2.45, 2.75) is 26.7 Å². The van der Waals surface area contributed by atoms with Crippen molar-refractivity contribution in [3.63, 3.8) is 0 Å². The number of rotatable bonds is 7. The number of nitrogens with one attached hydrogen (secondary N) is 1. The second-order valence-corrected chi connectivity index (χ2v) is 7.94. The smallest absolute Gasteiger partial charge is 0.237 e. The molecule has 154 valence electrons. The van der Waals surface area contributed by atoms with Gasteiger partial charge < -0.3 is 15.1 Å². The highest BCUT2D eigenvalue weighted by Crippen LogP contribution is 2.22. The van der Waals surface area contributed by atoms with E-state index in [1.807, 2.05) is 36.4 Å². The van der Waals surface area contributed by atoms with Gasteiger partial charge in [0.2, 0.25) is 11.8 Å². The van der Waals surface area contributed by atoms with Gasteiger partial charge in [-0.05, 0) is 44.4 Å². The SMILES string of the molecule is CC(C)(C(=O)NCCCc1ccccc1)C(=O)N1CCN(c2ccccn2)CC1. The van der Waals surface area contributed by atoms with Gasteiger partial charge >= 0.3 is 0 Å². The maximum absolute atomic E-state index is 13.0. The van der Waals surface area contributed by atoms with Crippen molar-refractivity contribution in [3.8, 4) is 0 Å². The molecule has 0 radical (unpaired) electrons. The minimum Gasteiger partial charge on any atom is -0.355 e. The lowest BCUT2D eigenvalue weighted by Gasteiger charge is -2.38. The minimum absolute atomic E-state index is 0.112. The fraction of sp³-hybridized carbons (Fsp3) is 0.435. The molecule has 2 amide bonds. The molecule has 1 N–H and O–H groups in total. The minimum atomic E-state index is -1.07. The number of hydrogen-bond acceptors (Lipinski definition) is 4. The molecule has 2 heterocycles. The van der Waals surface area contributed by atoms with E-state index < -0.39 is 5.41 Å². The maximum Gasteiger partial charge on any atom is 0.237 e. The molecule has 0 saturated carbocycles. The summed E-state index contributed by atoms with van der Waals surface area (Å²) < 4.78 is 0. The molecule has 0 atom stereocenters. The molecule has 0 spiro atoms. The van der Waals surface area contributed by atoms with E-state index in [1.54, 1.807) is 24.9 Å². The molecule has 0 bridgehead atoms. The summed E-state index contributed by atoms with van der Waals surface area (Å²) in [5, 5.41) is 2.94. The summed E-state index contributed by atoms with van der Waals surface area (Å²) >= 11 is 0. The summed E-state index contributed by atoms with van der Waals surface area (Å²) in [4.78, 5) is 34.0. The van der Waals surface area contributed by atoms with Gasteiger partial charge in [-0.25, -0.2) is 4.98 Å². The third kappa shape index (κ3) is 5.34. The van der Waals surface area contributed by atoms with E-state index in [0.29, 0.717) is 19.6 Å². The molecule has 1 aliphatic rings. The number of carbonyl (C=O) groups is 2. The molecule has 1 aromatic carbocycles. The lowest BCUT2D eigenvalue weighted by Crippen LogP contribution is -2.55. The Morgan fingerprint density at radius 3 is 2.34 bits per heavy atom. The van der Waals surface area contributed by atoms with Crippen molar-refractivity contribution in [1.29, 1.82) is 0 Å². The number of nitrogens with zero attached hydrogens (tertiary/aromatic N) is 3. The lowest BCUT2D eigenvalue weighted by molar-refractivity contribution is -0.148. The van der Waals surface area contributed by atoms with Gasteiger partial charge in [0.25, 0.3) is 0 Å². The van der Waals surface area contributed by atoms with Crippen LogP contribution in [0.25, 0.3) is 0 Å². The van der Waals surface area contributed by atoms with Crippen molar-refractivity contribution in [3.05, 3.63) is 60.3 Å². The molecule has 1 saturated heterocycles. The third-order valence-electron chi connectivity index (χ3n) is 5.41. The van der Waals surface area contributed by atoms with Gasteiger partial charge in [0.05, 0.1) is 0 Å². The van der Waals surface area contributed by atoms with Crippen molar-refractivity contribution < 1.29 is 9.59 Å². The van der Waals surface area contributed by atoms with E-state index in [9.17, 15) is 9.59 Å². The number of anilines is 1. The van der Waals surface area contributed by atoms with Gasteiger partial charge in [-0.15, -0.1) is 0 Å². The molecule has 6 nitrogen and oxygen atoms in total. The molecule has 29 heavy (non-hydrogen) atoms. The molecule has 0 aliphatic carbocycles. The van der Waals surface area contributed by atoms with E-state index in [0.717, 1.165) is 31.7 Å². The molecular formula is C23H30N4O2. The highest BCUT2D eigenvalue weighted by atomic mass is 16.2. The first-order chi connectivity index (χ1) is 14.0. The molecule has 3 rings (SSSR count). The maximum atomic E-state index is 13.0. The number of aryl methyl sites for hydroxylation is 1. The van der Waals surface area contributed by atoms with Gasteiger partial charge in [0.15, 0.2) is 0 Å². The van der Waals surface area contributed by atoms with Gasteiger partial charge in [-0.2, -0.15) is 0 Å². The Hall–Kier alpha value is -2.89. The summed E-state index contributed by atoms with van der Waals surface area (Å²) in [5.74, 6) is 0.608. The Bertz CT molecular complexity index is 800. The van der Waals surface area contributed by atoms with Gasteiger partial charge in [0.1, 0.15) is 11.2 Å². The predicted octanol–water partition coefficient (Wildman–Crippen LogP) is 2.51. The molecule has 1 fully saturated rings. The van der Waals surface area contributed by atoms with E-state index in [2.05, 4.69) is 27.3 Å². The van der Waals surface area contributed by atoms with Crippen LogP contribution in [0.5, 0.6) is 0 Å². The average Bonchev–Trinajstić information content (AvgIpc) is 2.77. The summed E-state index contributed by atoms with van der Waals surface area (Å²) in [5.41, 5.74) is 0.183. The summed E-state index contributed by atoms with van der Waals surface area (Å²) in [6.07, 6.45) is 3.53. The van der Waals surface area contributed by atoms with Crippen molar-refractivity contribution in [2.24, 2.45) is 5.41 Å². The fourth-order valence-corrected chi connectivity index (χ4v) is 3.53. The van der Waals surface area contributed by atoms with Crippen molar-refractivity contribution in [2.75, 3.05) is 37.6 Å². The van der Waals surface area contributed by atoms with Crippen LogP contribution in [0, 0.1) is 5.41 Å². The number of piperazine rings is 1. The normalized spacial score (nSPS) is 14.6. The number of amides is 2. The second kappa shape index (κ2) is 9.54. The van der Waals surface area contributed by atoms with E-state index in [-0.39, 0.29) is 11.8 Å². The van der Waals surface area contributed by atoms with Gasteiger partial charge in [-0.3, -0.25) is 9.59 Å². The lowest BCUT2D eigenvalue weighted by atomic mass is 9.90. The third-order valence-corrected chi connectivity index (χ3v) is 5.41. The van der Waals surface area contributed by atoms with Crippen LogP contribution in [0.3, 0.4) is 0 Å². The van der Waals surface area contributed by atoms with Gasteiger partial charge in [-0.1, -0.05) is 36.4 Å². The zero-order valence-corrected chi connectivity index (χ0v) is 17.3. The monoisotopic (exact) mass is 394 g/mol. The van der Waals surface area contributed by atoms with Crippen LogP contribution in [0.15, 0.2) is 54.7 Å². The number of pyridine rings is 1. The van der Waals surface area contributed by atoms with Crippen LogP contribution < -0.4 is 10.2 Å². The van der Waals surface area contributed by atoms with Crippen LogP contribution >= 0.6 is 0 Å². The summed E-state index contributed by atoms with van der Waals surface area (Å²) in [6.45, 7) is 6.63. The molecule has 0 unspecified atom stereocenters. The Labute approximate surface area is 172 Å². The van der Waals surface area contributed by atoms with Crippen LogP contribution in [0.4, 0.5) is 5.82 Å². The molecule has 2 aromatic rings. The van der Waals surface area contributed by atoms with Crippen LogP contribution in [-0.4, -0.2) is 54.4 Å². The fourth-order valence-electron chi connectivity index (χ4n) is 3.53. The highest BCUT2D eigenvalue weighted by molar-refractivity contribution is 6.04. The number of aromatic nitrogens is 1. The highest BCUT2D eigenvalue weighted by Gasteiger charge is 2.39. The van der Waals surface area contributed by atoms with Crippen LogP contribution in [0.1, 0.15) is 25.8 Å². The quantitative estimate of drug-likeness (QED) is 0.579. The topological polar surface area (TPSA) is 65.5 Å². The van der Waals surface area contributed by atoms with Gasteiger partial charge in [0, 0.05) is 38.9 Å². The van der Waals surface area contributed by atoms with E-state index in [1.165, 1.54) is 5.56 Å². The van der Waals surface area contributed by atoms with Crippen molar-refractivity contribution >= 4 is 17.6 Å². The standard InChI is InChI=1S/C23H30N4O2/c1-23(2,21(28)25-14-8-11-19-9-4-3-5-10-19)22(29)27-17-15-26(16-18-27)20-12-6-7-13-24-20/h3-7,9-10,12-13H,8,11,14-18H2,1-2H3,(H,25,28). The van der Waals surface area contributed by atoms with E-state index >= 15 is 0 Å². The number of hydrogen-bond donors (Lipinski definition) is 1. The summed E-state index contributed by atoms with van der Waals surface area (Å²) in [6, 6.07) is 16.0. The molecule has 1 aliphatic heterocycles. The molecule has 1 aromatic heterocycles. The first kappa shape index (κ1) is 20.8. The first-order valence-electron chi connectivity index (χ1n) is 10.3. The second-order valence-electron chi connectivity index (χ2n) is 7.94. The largest absolute Gasteiger partial charge is 0.355 e. The van der Waals surface area contributed by atoms with E-state index in [4.69, 9.17) is 0 Å². The number of benzene rings is 1. The Kier molecular flexibility index (Phi) is 6.86. The van der Waals surface area contributed by atoms with Crippen LogP contribution in [0.2, 0.25) is 0 Å². The Morgan fingerprint density at radius 2 is 1.69 bits per heavy atom. The van der Waals surface area contributed by atoms with Crippen LogP contribution in [-0.2, 0) is 16.0 Å². The Balaban J connectivity index is 1.45. The zero-order valence-electron chi connectivity index (χ0n) is 17.3. The Morgan fingerprint density at radius 1 is 1.00 bits per heavy atom. The predicted molar refractivity (Wildman–Crippen MR) is 115 cm³/mol.